The molecule has 3 aromatic rings. The topological polar surface area (TPSA) is 226 Å². The number of H-pyrrole nitrogens is 2. The maximum atomic E-state index is 14.1. The minimum absolute atomic E-state index is 0.00530. The van der Waals surface area contributed by atoms with Gasteiger partial charge in [-0.1, -0.05) is 18.2 Å². The molecule has 264 valence electrons. The molecule has 0 unspecified atom stereocenters. The fraction of sp³-hybridized carbons (Fsp3) is 0.467. The van der Waals surface area contributed by atoms with E-state index in [1.54, 1.807) is 18.2 Å². The van der Waals surface area contributed by atoms with Crippen LogP contribution in [-0.2, 0) is 42.1 Å². The summed E-state index contributed by atoms with van der Waals surface area (Å²) in [5.74, 6) is -1.18. The molecule has 0 aliphatic carbocycles. The molecule has 19 heteroatoms. The van der Waals surface area contributed by atoms with E-state index in [9.17, 15) is 33.3 Å². The first-order valence-corrected chi connectivity index (χ1v) is 16.6. The number of para-hydroxylation sites is 1. The molecule has 2 N–H and O–H groups in total. The highest BCUT2D eigenvalue weighted by Gasteiger charge is 2.44. The van der Waals surface area contributed by atoms with Crippen LogP contribution < -0.4 is 27.0 Å². The van der Waals surface area contributed by atoms with Crippen molar-refractivity contribution < 1.29 is 46.7 Å². The number of phosphoric acid groups is 1. The van der Waals surface area contributed by atoms with Crippen LogP contribution in [-0.4, -0.2) is 68.7 Å². The van der Waals surface area contributed by atoms with E-state index in [4.69, 9.17) is 32.5 Å². The van der Waals surface area contributed by atoms with E-state index in [0.717, 1.165) is 9.13 Å². The van der Waals surface area contributed by atoms with Gasteiger partial charge in [0, 0.05) is 50.2 Å². The van der Waals surface area contributed by atoms with Gasteiger partial charge in [0.15, 0.2) is 0 Å². The van der Waals surface area contributed by atoms with Crippen molar-refractivity contribution in [3.63, 3.8) is 0 Å². The molecule has 6 atom stereocenters. The normalized spacial score (nSPS) is 23.7. The molecule has 1 aromatic carbocycles. The van der Waals surface area contributed by atoms with Crippen LogP contribution in [0.4, 0.5) is 0 Å². The zero-order valence-corrected chi connectivity index (χ0v) is 27.8. The molecule has 2 saturated heterocycles. The predicted octanol–water partition coefficient (Wildman–Crippen LogP) is 1.36. The van der Waals surface area contributed by atoms with Gasteiger partial charge in [-0.25, -0.2) is 14.2 Å². The summed E-state index contributed by atoms with van der Waals surface area (Å²) in [6.45, 7) is 4.36. The Kier molecular flexibility index (Phi) is 10.8. The lowest BCUT2D eigenvalue weighted by molar-refractivity contribution is -0.150. The third-order valence-electron chi connectivity index (χ3n) is 7.66. The van der Waals surface area contributed by atoms with Crippen molar-refractivity contribution >= 4 is 19.8 Å². The molecule has 5 rings (SSSR count). The number of phosphoric ester groups is 1. The predicted molar refractivity (Wildman–Crippen MR) is 167 cm³/mol. The Hall–Kier alpha value is -4.61. The zero-order chi connectivity index (χ0) is 35.5. The number of carbonyl (C=O) groups is 2. The summed E-state index contributed by atoms with van der Waals surface area (Å²) in [6, 6.07) is 7.95. The van der Waals surface area contributed by atoms with E-state index >= 15 is 0 Å². The first-order valence-electron chi connectivity index (χ1n) is 15.1. The highest BCUT2D eigenvalue weighted by molar-refractivity contribution is 7.48. The molecule has 0 radical (unpaired) electrons. The van der Waals surface area contributed by atoms with Crippen molar-refractivity contribution in [3.05, 3.63) is 95.5 Å². The summed E-state index contributed by atoms with van der Waals surface area (Å²) in [7, 11) is -4.57. The van der Waals surface area contributed by atoms with Crippen LogP contribution in [0.15, 0.2) is 61.9 Å². The molecular formula is C30H35N4O14P. The average Bonchev–Trinajstić information content (AvgIpc) is 3.62. The molecule has 4 heterocycles. The maximum Gasteiger partial charge on any atom is 0.530 e. The monoisotopic (exact) mass is 706 g/mol. The van der Waals surface area contributed by atoms with Crippen LogP contribution in [0.1, 0.15) is 50.3 Å². The van der Waals surface area contributed by atoms with Crippen LogP contribution in [0, 0.1) is 13.8 Å². The number of hydrogen-bond donors (Lipinski definition) is 2. The van der Waals surface area contributed by atoms with Crippen LogP contribution in [0.3, 0.4) is 0 Å². The number of aromatic nitrogens is 4. The van der Waals surface area contributed by atoms with Crippen LogP contribution in [0.25, 0.3) is 0 Å². The number of carbonyl (C=O) groups excluding carboxylic acids is 2. The molecule has 2 aliphatic rings. The summed E-state index contributed by atoms with van der Waals surface area (Å²) >= 11 is 0. The second-order valence-corrected chi connectivity index (χ2v) is 13.0. The molecule has 2 aromatic heterocycles. The molecule has 0 amide bonds. The van der Waals surface area contributed by atoms with Gasteiger partial charge in [0.25, 0.3) is 11.1 Å². The lowest BCUT2D eigenvalue weighted by Gasteiger charge is -2.24. The van der Waals surface area contributed by atoms with E-state index in [2.05, 4.69) is 9.97 Å². The number of nitrogens with zero attached hydrogens (tertiary/aromatic N) is 2. The second kappa shape index (κ2) is 14.9. The first-order chi connectivity index (χ1) is 23.2. The number of hydrogen-bond acceptors (Lipinski definition) is 14. The number of aryl methyl sites for hydroxylation is 2. The van der Waals surface area contributed by atoms with Crippen LogP contribution in [0.5, 0.6) is 5.75 Å². The van der Waals surface area contributed by atoms with E-state index in [1.165, 1.54) is 52.2 Å². The molecule has 0 bridgehead atoms. The Morgan fingerprint density at radius 2 is 1.20 bits per heavy atom. The third kappa shape index (κ3) is 8.71. The van der Waals surface area contributed by atoms with E-state index in [0.29, 0.717) is 0 Å². The van der Waals surface area contributed by atoms with Gasteiger partial charge in [-0.2, -0.15) is 0 Å². The minimum atomic E-state index is -4.57. The lowest BCUT2D eigenvalue weighted by atomic mass is 10.2. The highest BCUT2D eigenvalue weighted by atomic mass is 31.2. The Labute approximate surface area is 277 Å². The fourth-order valence-corrected chi connectivity index (χ4v) is 6.57. The van der Waals surface area contributed by atoms with Gasteiger partial charge in [0.05, 0.1) is 13.2 Å². The number of rotatable bonds is 12. The van der Waals surface area contributed by atoms with Gasteiger partial charge in [-0.15, -0.1) is 0 Å². The van der Waals surface area contributed by atoms with Gasteiger partial charge < -0.3 is 23.5 Å². The number of benzene rings is 1. The standard InChI is InChI=1S/C30H35N4O14P/c1-16-12-33(29(39)31-27(16)37)25-10-21(44-18(3)35)23(46-25)14-42-49(41,48-20-8-6-5-7-9-20)43-15-24-22(45-19(4)36)11-26(47-24)34-13-17(2)28(38)32-30(34)40/h5-9,12-13,21-26H,10-11,14-15H2,1-4H3,(H,31,37,39)(H,32,38,40)/t21-,22-,23+,24+,25+,26+/m0/s1. The Morgan fingerprint density at radius 3 is 1.61 bits per heavy atom. The summed E-state index contributed by atoms with van der Waals surface area (Å²) in [5.41, 5.74) is -2.15. The van der Waals surface area contributed by atoms with Gasteiger partial charge in [0.1, 0.15) is 42.6 Å². The number of esters is 2. The first kappa shape index (κ1) is 35.7. The molecule has 2 fully saturated rings. The molecule has 2 aliphatic heterocycles. The van der Waals surface area contributed by atoms with E-state index in [1.807, 2.05) is 0 Å². The van der Waals surface area contributed by atoms with Gasteiger partial charge in [-0.3, -0.25) is 47.3 Å². The lowest BCUT2D eigenvalue weighted by Crippen LogP contribution is -2.34. The van der Waals surface area contributed by atoms with Crippen molar-refractivity contribution in [2.24, 2.45) is 0 Å². The SMILES string of the molecule is CC(=O)O[C@H]1C[C@H](n2cc(C)c(=O)[nH]c2=O)O[C@@H]1COP(=O)(OC[C@H]1O[C@@H](n2cc(C)c(=O)[nH]c2=O)C[C@@H]1OC(C)=O)Oc1ccccc1. The molecule has 0 saturated carbocycles. The number of aromatic amines is 2. The maximum absolute atomic E-state index is 14.1. The van der Waals surface area contributed by atoms with Gasteiger partial charge >= 0.3 is 31.1 Å². The highest BCUT2D eigenvalue weighted by Crippen LogP contribution is 2.51. The van der Waals surface area contributed by atoms with Crippen molar-refractivity contribution in [2.75, 3.05) is 13.2 Å². The minimum Gasteiger partial charge on any atom is -0.460 e. The van der Waals surface area contributed by atoms with E-state index in [-0.39, 0.29) is 29.7 Å². The average molecular weight is 707 g/mol. The summed E-state index contributed by atoms with van der Waals surface area (Å²) in [4.78, 5) is 77.0. The van der Waals surface area contributed by atoms with Crippen molar-refractivity contribution in [2.45, 2.75) is 77.4 Å². The number of ether oxygens (including phenoxy) is 4. The Morgan fingerprint density at radius 1 is 0.776 bits per heavy atom. The quantitative estimate of drug-likeness (QED) is 0.200. The smallest absolute Gasteiger partial charge is 0.460 e. The Bertz CT molecular complexity index is 1850. The Balaban J connectivity index is 1.36. The molecule has 0 spiro atoms. The summed E-state index contributed by atoms with van der Waals surface area (Å²) in [5, 5.41) is 0. The van der Waals surface area contributed by atoms with Crippen LogP contribution in [0.2, 0.25) is 0 Å². The third-order valence-corrected chi connectivity index (χ3v) is 9.03. The molecular weight excluding hydrogens is 671 g/mol. The molecule has 49 heavy (non-hydrogen) atoms. The number of nitrogens with one attached hydrogen (secondary N) is 2. The zero-order valence-electron chi connectivity index (χ0n) is 26.9. The van der Waals surface area contributed by atoms with Gasteiger partial charge in [0.2, 0.25) is 0 Å². The molecule has 18 nitrogen and oxygen atoms in total. The largest absolute Gasteiger partial charge is 0.530 e. The summed E-state index contributed by atoms with van der Waals surface area (Å²) < 4.78 is 56.3. The summed E-state index contributed by atoms with van der Waals surface area (Å²) in [6.07, 6.45) is -3.41. The van der Waals surface area contributed by atoms with Crippen molar-refractivity contribution in [3.8, 4) is 5.75 Å². The second-order valence-electron chi connectivity index (χ2n) is 11.4. The van der Waals surface area contributed by atoms with Crippen molar-refractivity contribution in [1.29, 1.82) is 0 Å². The fourth-order valence-electron chi connectivity index (χ4n) is 5.35. The van der Waals surface area contributed by atoms with Gasteiger partial charge in [-0.05, 0) is 26.0 Å². The van der Waals surface area contributed by atoms with E-state index < -0.39 is 92.3 Å². The van der Waals surface area contributed by atoms with Crippen LogP contribution >= 0.6 is 7.82 Å². The van der Waals surface area contributed by atoms with Crippen molar-refractivity contribution in [1.82, 2.24) is 19.1 Å².